The Kier molecular flexibility index (Phi) is 7.39. The summed E-state index contributed by atoms with van der Waals surface area (Å²) >= 11 is 7.03. The number of sulfonamides is 1. The van der Waals surface area contributed by atoms with Gasteiger partial charge in [-0.15, -0.1) is 0 Å². The van der Waals surface area contributed by atoms with Crippen LogP contribution in [0.1, 0.15) is 11.4 Å². The Bertz CT molecular complexity index is 871. The molecule has 2 aromatic rings. The standard InChI is InChI=1S/C16H19ClN4O3S2/c1-11-8-12(2)21-16(20-11)25-10-15(22)18-6-7-19-26(23,24)14-5-3-4-13(17)9-14/h3-5,8-9,19H,6-7,10H2,1-2H3,(H,18,22). The number of thioether (sulfide) groups is 1. The molecule has 0 unspecified atom stereocenters. The summed E-state index contributed by atoms with van der Waals surface area (Å²) in [7, 11) is -3.66. The van der Waals surface area contributed by atoms with Crippen molar-refractivity contribution in [3.63, 3.8) is 0 Å². The molecule has 0 bridgehead atoms. The smallest absolute Gasteiger partial charge is 0.240 e. The SMILES string of the molecule is Cc1cc(C)nc(SCC(=O)NCCNS(=O)(=O)c2cccc(Cl)c2)n1. The quantitative estimate of drug-likeness (QED) is 0.389. The minimum Gasteiger partial charge on any atom is -0.354 e. The molecule has 0 aliphatic heterocycles. The molecule has 1 aromatic carbocycles. The van der Waals surface area contributed by atoms with Gasteiger partial charge in [0.1, 0.15) is 0 Å². The van der Waals surface area contributed by atoms with Crippen molar-refractivity contribution in [2.45, 2.75) is 23.9 Å². The van der Waals surface area contributed by atoms with Crippen molar-refractivity contribution in [1.29, 1.82) is 0 Å². The maximum Gasteiger partial charge on any atom is 0.240 e. The van der Waals surface area contributed by atoms with Crippen LogP contribution in [0.3, 0.4) is 0 Å². The molecule has 0 fully saturated rings. The first-order valence-electron chi connectivity index (χ1n) is 7.73. The zero-order valence-corrected chi connectivity index (χ0v) is 16.7. The second-order valence-electron chi connectivity index (χ2n) is 5.43. The van der Waals surface area contributed by atoms with Crippen LogP contribution in [0.4, 0.5) is 0 Å². The minimum atomic E-state index is -3.66. The molecular formula is C16H19ClN4O3S2. The molecule has 2 rings (SSSR count). The van der Waals surface area contributed by atoms with E-state index in [0.717, 1.165) is 11.4 Å². The molecule has 1 heterocycles. The number of carbonyl (C=O) groups is 1. The lowest BCUT2D eigenvalue weighted by atomic mass is 10.4. The normalized spacial score (nSPS) is 11.3. The molecule has 7 nitrogen and oxygen atoms in total. The molecule has 2 N–H and O–H groups in total. The van der Waals surface area contributed by atoms with Gasteiger partial charge in [-0.1, -0.05) is 29.4 Å². The molecule has 0 saturated heterocycles. The molecule has 0 aliphatic carbocycles. The van der Waals surface area contributed by atoms with Crippen LogP contribution in [-0.4, -0.2) is 43.1 Å². The summed E-state index contributed by atoms with van der Waals surface area (Å²) in [5.74, 6) is -0.0658. The summed E-state index contributed by atoms with van der Waals surface area (Å²) in [4.78, 5) is 20.4. The molecule has 0 radical (unpaired) electrons. The topological polar surface area (TPSA) is 101 Å². The third kappa shape index (κ3) is 6.56. The van der Waals surface area contributed by atoms with Gasteiger partial charge in [-0.3, -0.25) is 4.79 Å². The van der Waals surface area contributed by atoms with Gasteiger partial charge in [-0.25, -0.2) is 23.1 Å². The van der Waals surface area contributed by atoms with E-state index in [4.69, 9.17) is 11.6 Å². The highest BCUT2D eigenvalue weighted by Gasteiger charge is 2.13. The molecule has 0 spiro atoms. The molecule has 1 aromatic heterocycles. The first-order chi connectivity index (χ1) is 12.3. The third-order valence-electron chi connectivity index (χ3n) is 3.14. The van der Waals surface area contributed by atoms with Crippen molar-refractivity contribution >= 4 is 39.3 Å². The summed E-state index contributed by atoms with van der Waals surface area (Å²) in [6.07, 6.45) is 0. The second kappa shape index (κ2) is 9.31. The van der Waals surface area contributed by atoms with Gasteiger partial charge in [0.15, 0.2) is 5.16 Å². The Balaban J connectivity index is 1.74. The zero-order chi connectivity index (χ0) is 19.2. The maximum atomic E-state index is 12.1. The van der Waals surface area contributed by atoms with Crippen LogP contribution in [-0.2, 0) is 14.8 Å². The number of aryl methyl sites for hydroxylation is 2. The van der Waals surface area contributed by atoms with Gasteiger partial charge in [0.05, 0.1) is 10.6 Å². The number of benzene rings is 1. The lowest BCUT2D eigenvalue weighted by Crippen LogP contribution is -2.35. The van der Waals surface area contributed by atoms with Crippen molar-refractivity contribution in [1.82, 2.24) is 20.0 Å². The van der Waals surface area contributed by atoms with Crippen LogP contribution < -0.4 is 10.0 Å². The van der Waals surface area contributed by atoms with Crippen LogP contribution in [0.2, 0.25) is 5.02 Å². The van der Waals surface area contributed by atoms with Crippen molar-refractivity contribution in [2.24, 2.45) is 0 Å². The summed E-state index contributed by atoms with van der Waals surface area (Å²) in [6.45, 7) is 3.98. The Morgan fingerprint density at radius 2 is 1.85 bits per heavy atom. The molecule has 0 atom stereocenters. The Morgan fingerprint density at radius 3 is 2.50 bits per heavy atom. The number of hydrogen-bond acceptors (Lipinski definition) is 6. The van der Waals surface area contributed by atoms with Crippen molar-refractivity contribution in [2.75, 3.05) is 18.8 Å². The highest BCUT2D eigenvalue weighted by Crippen LogP contribution is 2.15. The average molecular weight is 415 g/mol. The lowest BCUT2D eigenvalue weighted by molar-refractivity contribution is -0.118. The van der Waals surface area contributed by atoms with E-state index in [-0.39, 0.29) is 29.6 Å². The van der Waals surface area contributed by atoms with E-state index in [1.165, 1.54) is 23.9 Å². The predicted octanol–water partition coefficient (Wildman–Crippen LogP) is 1.93. The van der Waals surface area contributed by atoms with E-state index in [1.807, 2.05) is 19.9 Å². The first-order valence-corrected chi connectivity index (χ1v) is 10.6. The Morgan fingerprint density at radius 1 is 1.15 bits per heavy atom. The van der Waals surface area contributed by atoms with Gasteiger partial charge < -0.3 is 5.32 Å². The largest absolute Gasteiger partial charge is 0.354 e. The maximum absolute atomic E-state index is 12.1. The third-order valence-corrected chi connectivity index (χ3v) is 5.68. The van der Waals surface area contributed by atoms with Gasteiger partial charge in [0.2, 0.25) is 15.9 Å². The van der Waals surface area contributed by atoms with E-state index in [0.29, 0.717) is 10.2 Å². The highest BCUT2D eigenvalue weighted by molar-refractivity contribution is 7.99. The van der Waals surface area contributed by atoms with Gasteiger partial charge in [0, 0.05) is 29.5 Å². The molecule has 26 heavy (non-hydrogen) atoms. The zero-order valence-electron chi connectivity index (χ0n) is 14.3. The van der Waals surface area contributed by atoms with Gasteiger partial charge in [-0.2, -0.15) is 0 Å². The van der Waals surface area contributed by atoms with Gasteiger partial charge in [0.25, 0.3) is 0 Å². The van der Waals surface area contributed by atoms with E-state index in [2.05, 4.69) is 20.0 Å². The fourth-order valence-electron chi connectivity index (χ4n) is 2.04. The molecular weight excluding hydrogens is 396 g/mol. The summed E-state index contributed by atoms with van der Waals surface area (Å²) in [5.41, 5.74) is 1.69. The van der Waals surface area contributed by atoms with Crippen LogP contribution in [0.15, 0.2) is 40.4 Å². The average Bonchev–Trinajstić information content (AvgIpc) is 2.56. The molecule has 1 amide bonds. The lowest BCUT2D eigenvalue weighted by Gasteiger charge is -2.08. The van der Waals surface area contributed by atoms with E-state index in [9.17, 15) is 13.2 Å². The predicted molar refractivity (Wildman–Crippen MR) is 102 cm³/mol. The summed E-state index contributed by atoms with van der Waals surface area (Å²) in [6, 6.07) is 7.83. The highest BCUT2D eigenvalue weighted by atomic mass is 35.5. The van der Waals surface area contributed by atoms with Gasteiger partial charge >= 0.3 is 0 Å². The fourth-order valence-corrected chi connectivity index (χ4v) is 4.16. The number of nitrogens with one attached hydrogen (secondary N) is 2. The summed E-state index contributed by atoms with van der Waals surface area (Å²) in [5, 5.41) is 3.53. The molecule has 0 aliphatic rings. The Hall–Kier alpha value is -1.68. The summed E-state index contributed by atoms with van der Waals surface area (Å²) < 4.78 is 26.6. The monoisotopic (exact) mass is 414 g/mol. The van der Waals surface area contributed by atoms with Crippen LogP contribution in [0.5, 0.6) is 0 Å². The van der Waals surface area contributed by atoms with Crippen LogP contribution in [0, 0.1) is 13.8 Å². The number of amides is 1. The van der Waals surface area contributed by atoms with Crippen LogP contribution in [0.25, 0.3) is 0 Å². The number of nitrogens with zero attached hydrogens (tertiary/aromatic N) is 2. The molecule has 0 saturated carbocycles. The molecule has 140 valence electrons. The van der Waals surface area contributed by atoms with Crippen molar-refractivity contribution in [3.8, 4) is 0 Å². The number of halogens is 1. The number of rotatable bonds is 8. The van der Waals surface area contributed by atoms with Crippen molar-refractivity contribution < 1.29 is 13.2 Å². The minimum absolute atomic E-state index is 0.0747. The number of carbonyl (C=O) groups excluding carboxylic acids is 1. The first kappa shape index (κ1) is 20.6. The van der Waals surface area contributed by atoms with E-state index >= 15 is 0 Å². The van der Waals surface area contributed by atoms with E-state index in [1.54, 1.807) is 12.1 Å². The molecule has 10 heteroatoms. The Labute approximate surface area is 162 Å². The van der Waals surface area contributed by atoms with Crippen molar-refractivity contribution in [3.05, 3.63) is 46.7 Å². The van der Waals surface area contributed by atoms with E-state index < -0.39 is 10.0 Å². The number of aromatic nitrogens is 2. The van der Waals surface area contributed by atoms with Gasteiger partial charge in [-0.05, 0) is 38.1 Å². The second-order valence-corrected chi connectivity index (χ2v) is 8.57. The fraction of sp³-hybridized carbons (Fsp3) is 0.312. The number of hydrogen-bond donors (Lipinski definition) is 2. The van der Waals surface area contributed by atoms with Crippen LogP contribution >= 0.6 is 23.4 Å².